The van der Waals surface area contributed by atoms with Crippen LogP contribution in [0.25, 0.3) is 0 Å². The zero-order chi connectivity index (χ0) is 16.2. The summed E-state index contributed by atoms with van der Waals surface area (Å²) in [5.41, 5.74) is 0.874. The molecule has 0 aromatic heterocycles. The number of morpholine rings is 1. The van der Waals surface area contributed by atoms with Crippen LogP contribution in [-0.2, 0) is 9.53 Å². The molecule has 2 N–H and O–H groups in total. The molecule has 3 atom stereocenters. The second kappa shape index (κ2) is 7.38. The van der Waals surface area contributed by atoms with Crippen LogP contribution in [0.4, 0.5) is 4.39 Å². The number of carbonyl (C=O) groups is 1. The first-order valence-corrected chi connectivity index (χ1v) is 8.15. The summed E-state index contributed by atoms with van der Waals surface area (Å²) in [7, 11) is 0. The summed E-state index contributed by atoms with van der Waals surface area (Å²) in [6.07, 6.45) is 0.165. The lowest BCUT2D eigenvalue weighted by atomic mass is 10.1. The Morgan fingerprint density at radius 1 is 1.43 bits per heavy atom. The van der Waals surface area contributed by atoms with E-state index in [4.69, 9.17) is 4.74 Å². The molecule has 0 spiro atoms. The van der Waals surface area contributed by atoms with Crippen LogP contribution in [0.15, 0.2) is 24.3 Å². The molecule has 6 heteroatoms. The van der Waals surface area contributed by atoms with Crippen molar-refractivity contribution in [2.75, 3.05) is 39.4 Å². The van der Waals surface area contributed by atoms with Gasteiger partial charge < -0.3 is 15.2 Å². The van der Waals surface area contributed by atoms with Crippen molar-refractivity contribution in [2.45, 2.75) is 18.4 Å². The lowest BCUT2D eigenvalue weighted by Gasteiger charge is -2.28. The first-order valence-electron chi connectivity index (χ1n) is 8.15. The maximum atomic E-state index is 13.2. The number of nitrogens with zero attached hydrogens (tertiary/aromatic N) is 1. The number of hydrogen-bond donors (Lipinski definition) is 2. The summed E-state index contributed by atoms with van der Waals surface area (Å²) in [5, 5.41) is 12.8. The third-order valence-corrected chi connectivity index (χ3v) is 4.49. The lowest BCUT2D eigenvalue weighted by Crippen LogP contribution is -2.44. The highest BCUT2D eigenvalue weighted by molar-refractivity contribution is 5.82. The van der Waals surface area contributed by atoms with Crippen molar-refractivity contribution in [2.24, 2.45) is 5.92 Å². The van der Waals surface area contributed by atoms with Crippen LogP contribution in [0.3, 0.4) is 0 Å². The quantitative estimate of drug-likeness (QED) is 0.811. The van der Waals surface area contributed by atoms with Crippen molar-refractivity contribution in [3.63, 3.8) is 0 Å². The SMILES string of the molecule is O=C(NCC(O)CN1CCOCC1)C1CC1c1cccc(F)c1. The molecule has 126 valence electrons. The average molecular weight is 322 g/mol. The number of aliphatic hydroxyl groups excluding tert-OH is 1. The topological polar surface area (TPSA) is 61.8 Å². The van der Waals surface area contributed by atoms with Gasteiger partial charge in [-0.3, -0.25) is 9.69 Å². The third kappa shape index (κ3) is 4.50. The van der Waals surface area contributed by atoms with Crippen molar-refractivity contribution in [1.29, 1.82) is 0 Å². The molecular formula is C17H23FN2O3. The monoisotopic (exact) mass is 322 g/mol. The Balaban J connectivity index is 1.40. The Hall–Kier alpha value is -1.50. The molecular weight excluding hydrogens is 299 g/mol. The molecule has 2 aliphatic rings. The van der Waals surface area contributed by atoms with Crippen molar-refractivity contribution < 1.29 is 19.0 Å². The number of amides is 1. The van der Waals surface area contributed by atoms with Crippen LogP contribution >= 0.6 is 0 Å². The minimum Gasteiger partial charge on any atom is -0.390 e. The maximum Gasteiger partial charge on any atom is 0.223 e. The van der Waals surface area contributed by atoms with Gasteiger partial charge in [-0.15, -0.1) is 0 Å². The Bertz CT molecular complexity index is 548. The summed E-state index contributed by atoms with van der Waals surface area (Å²) < 4.78 is 18.5. The second-order valence-corrected chi connectivity index (χ2v) is 6.32. The number of ether oxygens (including phenoxy) is 1. The minimum absolute atomic E-state index is 0.0553. The first-order chi connectivity index (χ1) is 11.1. The molecule has 1 saturated carbocycles. The van der Waals surface area contributed by atoms with Gasteiger partial charge >= 0.3 is 0 Å². The molecule has 1 heterocycles. The van der Waals surface area contributed by atoms with Crippen LogP contribution in [0.1, 0.15) is 17.9 Å². The summed E-state index contributed by atoms with van der Waals surface area (Å²) in [5.74, 6) is -0.329. The first kappa shape index (κ1) is 16.4. The molecule has 5 nitrogen and oxygen atoms in total. The second-order valence-electron chi connectivity index (χ2n) is 6.32. The van der Waals surface area contributed by atoms with E-state index in [0.717, 1.165) is 25.1 Å². The number of nitrogens with one attached hydrogen (secondary N) is 1. The predicted octanol–water partition coefficient (Wildman–Crippen LogP) is 0.739. The number of halogens is 1. The van der Waals surface area contributed by atoms with Crippen LogP contribution in [0.5, 0.6) is 0 Å². The number of β-amino-alcohol motifs (C(OH)–C–C–N with tert-alkyl or cyclic N) is 1. The molecule has 3 rings (SSSR count). The summed E-state index contributed by atoms with van der Waals surface area (Å²) in [6, 6.07) is 6.42. The lowest BCUT2D eigenvalue weighted by molar-refractivity contribution is -0.123. The highest BCUT2D eigenvalue weighted by Crippen LogP contribution is 2.47. The largest absolute Gasteiger partial charge is 0.390 e. The van der Waals surface area contributed by atoms with E-state index in [1.165, 1.54) is 12.1 Å². The van der Waals surface area contributed by atoms with Crippen LogP contribution in [0, 0.1) is 11.7 Å². The Morgan fingerprint density at radius 2 is 2.22 bits per heavy atom. The molecule has 1 aliphatic heterocycles. The van der Waals surface area contributed by atoms with Gasteiger partial charge in [-0.05, 0) is 30.0 Å². The van der Waals surface area contributed by atoms with Crippen LogP contribution in [0.2, 0.25) is 0 Å². The molecule has 0 bridgehead atoms. The Labute approximate surface area is 135 Å². The van der Waals surface area contributed by atoms with Crippen molar-refractivity contribution in [3.8, 4) is 0 Å². The van der Waals surface area contributed by atoms with Gasteiger partial charge in [-0.1, -0.05) is 12.1 Å². The molecule has 1 aliphatic carbocycles. The van der Waals surface area contributed by atoms with Gasteiger partial charge in [0, 0.05) is 32.1 Å². The van der Waals surface area contributed by atoms with Crippen molar-refractivity contribution in [1.82, 2.24) is 10.2 Å². The number of hydrogen-bond acceptors (Lipinski definition) is 4. The van der Waals surface area contributed by atoms with Crippen molar-refractivity contribution >= 4 is 5.91 Å². The smallest absolute Gasteiger partial charge is 0.223 e. The van der Waals surface area contributed by atoms with Gasteiger partial charge in [0.05, 0.1) is 19.3 Å². The van der Waals surface area contributed by atoms with E-state index in [1.807, 2.05) is 6.07 Å². The van der Waals surface area contributed by atoms with Gasteiger partial charge in [-0.25, -0.2) is 4.39 Å². The molecule has 1 amide bonds. The van der Waals surface area contributed by atoms with E-state index >= 15 is 0 Å². The molecule has 3 unspecified atom stereocenters. The van der Waals surface area contributed by atoms with E-state index in [-0.39, 0.29) is 30.1 Å². The highest BCUT2D eigenvalue weighted by Gasteiger charge is 2.43. The summed E-state index contributed by atoms with van der Waals surface area (Å²) in [6.45, 7) is 3.81. The maximum absolute atomic E-state index is 13.2. The fourth-order valence-corrected chi connectivity index (χ4v) is 3.09. The highest BCUT2D eigenvalue weighted by atomic mass is 19.1. The number of aliphatic hydroxyl groups is 1. The molecule has 0 radical (unpaired) electrons. The Morgan fingerprint density at radius 3 is 2.96 bits per heavy atom. The molecule has 1 saturated heterocycles. The summed E-state index contributed by atoms with van der Waals surface area (Å²) in [4.78, 5) is 14.3. The third-order valence-electron chi connectivity index (χ3n) is 4.49. The fraction of sp³-hybridized carbons (Fsp3) is 0.588. The van der Waals surface area contributed by atoms with E-state index in [1.54, 1.807) is 6.07 Å². The average Bonchev–Trinajstić information content (AvgIpc) is 3.34. The number of carbonyl (C=O) groups excluding carboxylic acids is 1. The minimum atomic E-state index is -0.580. The summed E-state index contributed by atoms with van der Waals surface area (Å²) >= 11 is 0. The van der Waals surface area contributed by atoms with Gasteiger partial charge in [0.1, 0.15) is 5.82 Å². The van der Waals surface area contributed by atoms with E-state index < -0.39 is 6.10 Å². The molecule has 23 heavy (non-hydrogen) atoms. The molecule has 1 aromatic carbocycles. The Kier molecular flexibility index (Phi) is 5.25. The van der Waals surface area contributed by atoms with Gasteiger partial charge in [0.25, 0.3) is 0 Å². The zero-order valence-corrected chi connectivity index (χ0v) is 13.1. The van der Waals surface area contributed by atoms with E-state index in [9.17, 15) is 14.3 Å². The molecule has 1 aromatic rings. The molecule has 2 fully saturated rings. The van der Waals surface area contributed by atoms with E-state index in [0.29, 0.717) is 19.8 Å². The normalized spacial score (nSPS) is 25.8. The van der Waals surface area contributed by atoms with Gasteiger partial charge in [-0.2, -0.15) is 0 Å². The van der Waals surface area contributed by atoms with Gasteiger partial charge in [0.2, 0.25) is 5.91 Å². The predicted molar refractivity (Wildman–Crippen MR) is 83.5 cm³/mol. The van der Waals surface area contributed by atoms with Crippen LogP contribution in [-0.4, -0.2) is 61.4 Å². The zero-order valence-electron chi connectivity index (χ0n) is 13.1. The fourth-order valence-electron chi connectivity index (χ4n) is 3.09. The van der Waals surface area contributed by atoms with Gasteiger partial charge in [0.15, 0.2) is 0 Å². The number of benzene rings is 1. The number of rotatable bonds is 6. The standard InChI is InChI=1S/C17H23FN2O3/c18-13-3-1-2-12(8-13)15-9-16(15)17(22)19-10-14(21)11-20-4-6-23-7-5-20/h1-3,8,14-16,21H,4-7,9-11H2,(H,19,22). The van der Waals surface area contributed by atoms with E-state index in [2.05, 4.69) is 10.2 Å². The van der Waals surface area contributed by atoms with Crippen LogP contribution < -0.4 is 5.32 Å². The van der Waals surface area contributed by atoms with Crippen molar-refractivity contribution in [3.05, 3.63) is 35.6 Å².